The smallest absolute Gasteiger partial charge is 0.294 e. The number of carbonyl (C=O) groups excluding carboxylic acids is 2. The molecule has 3 N–H and O–H groups in total. The van der Waals surface area contributed by atoms with E-state index in [9.17, 15) is 28.2 Å². The third-order valence-electron chi connectivity index (χ3n) is 30.7. The number of hydrogen-bond donors (Lipinski definition) is 3. The van der Waals surface area contributed by atoms with Crippen molar-refractivity contribution in [2.24, 2.45) is 92.2 Å². The number of rotatable bonds is 10. The molecule has 0 aromatic heterocycles. The monoisotopic (exact) mass is 1470 g/mol. The van der Waals surface area contributed by atoms with Crippen LogP contribution < -0.4 is 4.74 Å². The number of benzene rings is 3. The number of methoxy groups -OCH3 is 1. The molecule has 0 amide bonds. The van der Waals surface area contributed by atoms with Crippen LogP contribution in [0.1, 0.15) is 284 Å². The Morgan fingerprint density at radius 3 is 1.91 bits per heavy atom. The summed E-state index contributed by atoms with van der Waals surface area (Å²) in [5.74, 6) is 10.5. The zero-order chi connectivity index (χ0) is 75.8. The van der Waals surface area contributed by atoms with Crippen LogP contribution >= 0.6 is 0 Å². The number of allylic oxidation sites excluding steroid dienone is 8. The molecule has 0 unspecified atom stereocenters. The molecule has 11 heteroatoms. The van der Waals surface area contributed by atoms with Crippen molar-refractivity contribution in [2.45, 2.75) is 311 Å². The second-order valence-corrected chi connectivity index (χ2v) is 39.9. The number of aliphatic hydroxyl groups is 2. The van der Waals surface area contributed by atoms with Gasteiger partial charge in [0, 0.05) is 23.7 Å². The minimum Gasteiger partial charge on any atom is -0.497 e. The van der Waals surface area contributed by atoms with Crippen LogP contribution in [0.4, 0.5) is 0 Å². The van der Waals surface area contributed by atoms with E-state index in [1.54, 1.807) is 36.0 Å². The van der Waals surface area contributed by atoms with E-state index in [-0.39, 0.29) is 45.6 Å². The molecule has 18 atom stereocenters. The van der Waals surface area contributed by atoms with Gasteiger partial charge < -0.3 is 24.4 Å². The lowest BCUT2D eigenvalue weighted by atomic mass is 9.45. The summed E-state index contributed by atoms with van der Waals surface area (Å²) < 4.78 is 48.0. The molecule has 0 bridgehead atoms. The van der Waals surface area contributed by atoms with Gasteiger partial charge in [0.05, 0.1) is 48.6 Å². The van der Waals surface area contributed by atoms with Crippen LogP contribution in [0.5, 0.6) is 5.75 Å². The van der Waals surface area contributed by atoms with Crippen LogP contribution in [0.3, 0.4) is 0 Å². The van der Waals surface area contributed by atoms with Crippen molar-refractivity contribution in [1.82, 2.24) is 0 Å². The third-order valence-corrected chi connectivity index (χ3v) is 31.6. The first-order valence-corrected chi connectivity index (χ1v) is 43.6. The minimum absolute atomic E-state index is 0.0459. The number of carbonyl (C=O) groups is 2. The largest absolute Gasteiger partial charge is 0.497 e. The Hall–Kier alpha value is -4.75. The van der Waals surface area contributed by atoms with E-state index in [2.05, 4.69) is 149 Å². The van der Waals surface area contributed by atoms with Gasteiger partial charge in [0.2, 0.25) is 0 Å². The fourth-order valence-corrected chi connectivity index (χ4v) is 25.5. The molecule has 106 heavy (non-hydrogen) atoms. The number of hydrogen-bond acceptors (Lipinski definition) is 9. The molecule has 0 heterocycles. The Bertz CT molecular complexity index is 3860. The maximum atomic E-state index is 12.4. The normalized spacial score (nSPS) is 36.5. The van der Waals surface area contributed by atoms with Gasteiger partial charge in [-0.2, -0.15) is 8.42 Å². The highest BCUT2D eigenvalue weighted by molar-refractivity contribution is 7.85. The van der Waals surface area contributed by atoms with Gasteiger partial charge in [0.15, 0.2) is 0 Å². The molecule has 9 fully saturated rings. The van der Waals surface area contributed by atoms with E-state index in [0.717, 1.165) is 104 Å². The second-order valence-electron chi connectivity index (χ2n) is 38.5. The summed E-state index contributed by atoms with van der Waals surface area (Å²) >= 11 is 0. The summed E-state index contributed by atoms with van der Waals surface area (Å²) in [6.45, 7) is 27.2. The lowest BCUT2D eigenvalue weighted by Crippen LogP contribution is -2.53. The van der Waals surface area contributed by atoms with Crippen LogP contribution in [0, 0.1) is 99.1 Å². The predicted octanol–water partition coefficient (Wildman–Crippen LogP) is 22.3. The molecule has 13 aliphatic carbocycles. The Labute approximate surface area is 640 Å². The van der Waals surface area contributed by atoms with Gasteiger partial charge in [-0.3, -0.25) is 14.1 Å². The van der Waals surface area contributed by atoms with Crippen molar-refractivity contribution in [3.05, 3.63) is 147 Å². The number of ether oxygens (including phenoxy) is 3. The van der Waals surface area contributed by atoms with Crippen LogP contribution in [-0.4, -0.2) is 71.9 Å². The van der Waals surface area contributed by atoms with Crippen molar-refractivity contribution in [3.63, 3.8) is 0 Å². The molecular formula is C95H136O10S. The van der Waals surface area contributed by atoms with Crippen LogP contribution in [0.25, 0.3) is 6.08 Å². The average Bonchev–Trinajstić information content (AvgIpc) is 1.28. The topological polar surface area (TPSA) is 157 Å². The van der Waals surface area contributed by atoms with E-state index in [1.807, 2.05) is 13.0 Å². The van der Waals surface area contributed by atoms with Crippen LogP contribution in [0.2, 0.25) is 0 Å². The Morgan fingerprint density at radius 1 is 0.604 bits per heavy atom. The first-order chi connectivity index (χ1) is 50.4. The van der Waals surface area contributed by atoms with E-state index in [1.165, 1.54) is 176 Å². The first-order valence-electron chi connectivity index (χ1n) is 42.2. The lowest BCUT2D eigenvalue weighted by Gasteiger charge is -2.59. The lowest BCUT2D eigenvalue weighted by molar-refractivity contribution is -0.138. The van der Waals surface area contributed by atoms with Gasteiger partial charge >= 0.3 is 0 Å². The molecule has 0 saturated heterocycles. The summed E-state index contributed by atoms with van der Waals surface area (Å²) in [6, 6.07) is 20.9. The zero-order valence-corrected chi connectivity index (χ0v) is 68.4. The predicted molar refractivity (Wildman–Crippen MR) is 430 cm³/mol. The first kappa shape index (κ1) is 80.8. The number of Topliss-reactive ketones (excluding diaryl/α,β-unsaturated/α-hetero) is 2. The van der Waals surface area contributed by atoms with Gasteiger partial charge in [-0.25, -0.2) is 0 Å². The molecule has 582 valence electrons. The Kier molecular flexibility index (Phi) is 25.1. The number of ketones is 2. The molecule has 9 saturated carbocycles. The summed E-state index contributed by atoms with van der Waals surface area (Å²) in [5.41, 5.74) is 13.8. The minimum atomic E-state index is -4.02. The fraction of sp³-hybridized carbons (Fsp3) is 0.684. The quantitative estimate of drug-likeness (QED) is 0.132. The molecule has 3 aromatic carbocycles. The highest BCUT2D eigenvalue weighted by Crippen LogP contribution is 2.67. The van der Waals surface area contributed by atoms with E-state index < -0.39 is 10.1 Å². The maximum Gasteiger partial charge on any atom is 0.294 e. The van der Waals surface area contributed by atoms with E-state index >= 15 is 0 Å². The zero-order valence-electron chi connectivity index (χ0n) is 67.6. The van der Waals surface area contributed by atoms with Crippen LogP contribution in [0.15, 0.2) is 124 Å². The van der Waals surface area contributed by atoms with Gasteiger partial charge in [-0.05, 0) is 356 Å². The SMILES string of the molecule is CC(C)(C)O[C@H]1CC[C@H]2[C@@H]3CCc4cc(CO)ccc4C=C3CC[C@]12C.CC[C@]12CC=CC[C@@H]1CC[C@@H]1[C@@H]2CC[C@]2(C)C(=O)CC[C@@H]12.COc1cccc(CC[C@@H]2/C(=C/CO)CC[C@]3(C)[C@@H](OC(C)(C)C)CC[C@@H]23)c1.C[C@]12CC[C@@H]3CC4=C(CC=CC4)CC[C@H]3[C@@H]1CCC2=O.Cc1ccc(S(=O)(=O)O)cc1. The van der Waals surface area contributed by atoms with Gasteiger partial charge in [-0.1, -0.05) is 141 Å². The highest BCUT2D eigenvalue weighted by atomic mass is 32.2. The maximum absolute atomic E-state index is 12.4. The van der Waals surface area contributed by atoms with Gasteiger partial charge in [0.25, 0.3) is 10.1 Å². The Balaban J connectivity index is 0.000000127. The van der Waals surface area contributed by atoms with Crippen molar-refractivity contribution in [1.29, 1.82) is 0 Å². The van der Waals surface area contributed by atoms with E-state index in [0.29, 0.717) is 64.2 Å². The number of aryl methyl sites for hydroxylation is 3. The molecule has 10 nitrogen and oxygen atoms in total. The average molecular weight is 1470 g/mol. The van der Waals surface area contributed by atoms with Crippen molar-refractivity contribution >= 4 is 27.8 Å². The molecule has 3 aromatic rings. The van der Waals surface area contributed by atoms with Crippen molar-refractivity contribution in [2.75, 3.05) is 13.7 Å². The highest BCUT2D eigenvalue weighted by Gasteiger charge is 2.61. The van der Waals surface area contributed by atoms with Gasteiger partial charge in [-0.15, -0.1) is 0 Å². The summed E-state index contributed by atoms with van der Waals surface area (Å²) in [5, 5.41) is 19.0. The van der Waals surface area contributed by atoms with Crippen molar-refractivity contribution < 1.29 is 47.0 Å². The molecular weight excluding hydrogens is 1330 g/mol. The molecule has 0 aliphatic heterocycles. The molecule has 16 rings (SSSR count). The second kappa shape index (κ2) is 32.9. The van der Waals surface area contributed by atoms with Crippen molar-refractivity contribution in [3.8, 4) is 5.75 Å². The summed E-state index contributed by atoms with van der Waals surface area (Å²) in [7, 11) is -2.30. The third kappa shape index (κ3) is 17.0. The summed E-state index contributed by atoms with van der Waals surface area (Å²) in [4.78, 5) is 24.7. The molecule has 13 aliphatic rings. The van der Waals surface area contributed by atoms with E-state index in [4.69, 9.17) is 18.8 Å². The molecule has 0 spiro atoms. The number of aliphatic hydroxyl groups excluding tert-OH is 2. The van der Waals surface area contributed by atoms with Gasteiger partial charge in [0.1, 0.15) is 17.3 Å². The molecule has 0 radical (unpaired) electrons. The Morgan fingerprint density at radius 2 is 1.25 bits per heavy atom. The number of fused-ring (bicyclic) bond motifs is 13. The standard InChI is InChI=1S/C25H38O3.C24H34O2.C20H30O.C19H26O.C7H8O3S/c1-24(2,3)28-23-12-11-22-21(19(14-16-26)13-15-25(22,23)4)10-9-18-7-6-8-20(17-18)27-5;1-23(2,3)26-22-10-9-21-20-8-7-17-13-16(15-25)5-6-18(17)14-19(20)11-12-24(21,22)4;1-3-20-12-5-4-6-14(20)7-8-15-16-9-10-18(21)19(16,2)13-11-17(15)20;1-19-11-10-15-12-14-5-3-2-4-13(14)6-7-16(15)17(19)8-9-18(19)20;1-6-2-4-7(5-3-6)11(8,9)10/h6-8,14,17,21-23,26H,9-13,15-16H2,1-5H3;5-6,13-14,20-22,25H,7-12,15H2,1-4H3;4-5,14-17H,3,6-13H2,1-2H3;2-3,15-17H,4-12H2,1H3;2-5H,1H3,(H,8,9,10)/b19-14+;;;;/t21-,22+,23+,25+;20-,21+,22+,24+;14-,15+,16+,17+,19+,20+;15-,16-,17+,19+;/m1111./s1. The fourth-order valence-electron chi connectivity index (χ4n) is 25.1. The van der Waals surface area contributed by atoms with Crippen LogP contribution in [-0.2, 0) is 48.6 Å². The summed E-state index contributed by atoms with van der Waals surface area (Å²) in [6.07, 6.45) is 51.3.